The van der Waals surface area contributed by atoms with Crippen LogP contribution in [-0.2, 0) is 0 Å². The summed E-state index contributed by atoms with van der Waals surface area (Å²) in [6.07, 6.45) is 0. The summed E-state index contributed by atoms with van der Waals surface area (Å²) in [7, 11) is 0. The van der Waals surface area contributed by atoms with Crippen molar-refractivity contribution in [1.29, 1.82) is 0 Å². The number of carbonyl (C=O) groups excluding carboxylic acids is 1. The largest absolute Gasteiger partial charge is 0.454 e. The summed E-state index contributed by atoms with van der Waals surface area (Å²) in [5.41, 5.74) is 0.686. The molecule has 2 rings (SSSR count). The zero-order valence-electron chi connectivity index (χ0n) is 10.3. The minimum atomic E-state index is 0.103. The lowest BCUT2D eigenvalue weighted by atomic mass is 10.1. The van der Waals surface area contributed by atoms with Gasteiger partial charge in [-0.15, -0.1) is 11.8 Å². The van der Waals surface area contributed by atoms with Gasteiger partial charge in [0.05, 0.1) is 5.75 Å². The molecule has 0 N–H and O–H groups in total. The van der Waals surface area contributed by atoms with E-state index in [9.17, 15) is 4.79 Å². The van der Waals surface area contributed by atoms with E-state index in [0.717, 1.165) is 0 Å². The molecule has 3 nitrogen and oxygen atoms in total. The van der Waals surface area contributed by atoms with Gasteiger partial charge in [0, 0.05) is 10.3 Å². The Balaban J connectivity index is 2.05. The van der Waals surface area contributed by atoms with Crippen LogP contribution in [0.5, 0.6) is 11.5 Å². The first kappa shape index (κ1) is 12.3. The van der Waals surface area contributed by atoms with E-state index >= 15 is 0 Å². The van der Waals surface area contributed by atoms with Crippen molar-refractivity contribution < 1.29 is 14.3 Å². The van der Waals surface area contributed by atoms with Crippen molar-refractivity contribution in [3.8, 4) is 11.5 Å². The Kier molecular flexibility index (Phi) is 3.33. The molecule has 0 saturated carbocycles. The Bertz CT molecular complexity index is 435. The molecule has 0 fully saturated rings. The quantitative estimate of drug-likeness (QED) is 0.774. The lowest BCUT2D eigenvalue weighted by Gasteiger charge is -2.16. The molecule has 17 heavy (non-hydrogen) atoms. The second kappa shape index (κ2) is 4.61. The Morgan fingerprint density at radius 2 is 2.00 bits per heavy atom. The third-order valence-electron chi connectivity index (χ3n) is 2.33. The maximum Gasteiger partial charge on any atom is 0.231 e. The Hall–Kier alpha value is -1.16. The van der Waals surface area contributed by atoms with E-state index in [0.29, 0.717) is 22.8 Å². The molecule has 0 bridgehead atoms. The molecule has 1 aromatic rings. The van der Waals surface area contributed by atoms with Crippen LogP contribution >= 0.6 is 11.8 Å². The average molecular weight is 252 g/mol. The molecule has 1 heterocycles. The number of carbonyl (C=O) groups is 1. The smallest absolute Gasteiger partial charge is 0.231 e. The fourth-order valence-electron chi connectivity index (χ4n) is 1.44. The van der Waals surface area contributed by atoms with E-state index in [1.54, 1.807) is 30.0 Å². The van der Waals surface area contributed by atoms with E-state index in [1.807, 2.05) is 0 Å². The Labute approximate surface area is 105 Å². The van der Waals surface area contributed by atoms with Gasteiger partial charge < -0.3 is 9.47 Å². The zero-order chi connectivity index (χ0) is 12.5. The van der Waals surface area contributed by atoms with Crippen LogP contribution in [-0.4, -0.2) is 23.1 Å². The Morgan fingerprint density at radius 1 is 1.29 bits per heavy atom. The van der Waals surface area contributed by atoms with Gasteiger partial charge in [0.2, 0.25) is 6.79 Å². The lowest BCUT2D eigenvalue weighted by Crippen LogP contribution is -2.13. The molecule has 1 aliphatic rings. The van der Waals surface area contributed by atoms with Crippen molar-refractivity contribution in [1.82, 2.24) is 0 Å². The molecule has 0 spiro atoms. The minimum Gasteiger partial charge on any atom is -0.454 e. The number of fused-ring (bicyclic) bond motifs is 1. The van der Waals surface area contributed by atoms with Gasteiger partial charge in [-0.25, -0.2) is 0 Å². The van der Waals surface area contributed by atoms with E-state index in [2.05, 4.69) is 20.8 Å². The number of ether oxygens (including phenoxy) is 2. The van der Waals surface area contributed by atoms with Gasteiger partial charge in [0.15, 0.2) is 17.3 Å². The predicted octanol–water partition coefficient (Wildman–Crippen LogP) is 3.13. The highest BCUT2D eigenvalue weighted by molar-refractivity contribution is 8.01. The summed E-state index contributed by atoms with van der Waals surface area (Å²) in [6.45, 7) is 6.55. The molecule has 92 valence electrons. The SMILES string of the molecule is CC(C)(C)SCC(=O)c1ccc2c(c1)OCO2. The first-order chi connectivity index (χ1) is 7.96. The van der Waals surface area contributed by atoms with Gasteiger partial charge in [-0.1, -0.05) is 20.8 Å². The monoisotopic (exact) mass is 252 g/mol. The van der Waals surface area contributed by atoms with Crippen LogP contribution in [0.3, 0.4) is 0 Å². The molecule has 0 aliphatic carbocycles. The van der Waals surface area contributed by atoms with Gasteiger partial charge in [0.25, 0.3) is 0 Å². The van der Waals surface area contributed by atoms with Crippen LogP contribution in [0, 0.1) is 0 Å². The standard InChI is InChI=1S/C13H16O3S/c1-13(2,3)17-7-10(14)9-4-5-11-12(6-9)16-8-15-11/h4-6H,7-8H2,1-3H3. The molecule has 0 amide bonds. The lowest BCUT2D eigenvalue weighted by molar-refractivity contribution is 0.102. The number of benzene rings is 1. The Morgan fingerprint density at radius 3 is 2.71 bits per heavy atom. The highest BCUT2D eigenvalue weighted by Crippen LogP contribution is 2.33. The van der Waals surface area contributed by atoms with Crippen molar-refractivity contribution in [2.45, 2.75) is 25.5 Å². The fraction of sp³-hybridized carbons (Fsp3) is 0.462. The van der Waals surface area contributed by atoms with Crippen LogP contribution in [0.15, 0.2) is 18.2 Å². The molecular formula is C13H16O3S. The summed E-state index contributed by atoms with van der Waals surface area (Å²) < 4.78 is 10.6. The maximum absolute atomic E-state index is 12.0. The third kappa shape index (κ3) is 3.16. The molecule has 0 atom stereocenters. The molecule has 0 saturated heterocycles. The first-order valence-corrected chi connectivity index (χ1v) is 6.51. The van der Waals surface area contributed by atoms with Crippen molar-refractivity contribution in [3.05, 3.63) is 23.8 Å². The number of ketones is 1. The number of Topliss-reactive ketones (excluding diaryl/α,β-unsaturated/α-hetero) is 1. The molecule has 1 aromatic carbocycles. The first-order valence-electron chi connectivity index (χ1n) is 5.52. The van der Waals surface area contributed by atoms with Gasteiger partial charge in [-0.2, -0.15) is 0 Å². The molecule has 0 unspecified atom stereocenters. The van der Waals surface area contributed by atoms with Gasteiger partial charge >= 0.3 is 0 Å². The number of rotatable bonds is 3. The highest BCUT2D eigenvalue weighted by atomic mass is 32.2. The predicted molar refractivity (Wildman–Crippen MR) is 69.1 cm³/mol. The van der Waals surface area contributed by atoms with Crippen LogP contribution in [0.1, 0.15) is 31.1 Å². The van der Waals surface area contributed by atoms with E-state index < -0.39 is 0 Å². The second-order valence-electron chi connectivity index (χ2n) is 4.89. The average Bonchev–Trinajstić information content (AvgIpc) is 2.71. The minimum absolute atomic E-state index is 0.103. The second-order valence-corrected chi connectivity index (χ2v) is 6.69. The highest BCUT2D eigenvalue weighted by Gasteiger charge is 2.18. The molecule has 0 radical (unpaired) electrons. The third-order valence-corrected chi connectivity index (χ3v) is 3.60. The fourth-order valence-corrected chi connectivity index (χ4v) is 2.17. The molecular weight excluding hydrogens is 236 g/mol. The van der Waals surface area contributed by atoms with Crippen LogP contribution in [0.4, 0.5) is 0 Å². The van der Waals surface area contributed by atoms with E-state index in [1.165, 1.54) is 0 Å². The molecule has 4 heteroatoms. The van der Waals surface area contributed by atoms with Gasteiger partial charge in [-0.05, 0) is 18.2 Å². The van der Waals surface area contributed by atoms with E-state index in [4.69, 9.17) is 9.47 Å². The molecule has 0 aromatic heterocycles. The summed E-state index contributed by atoms with van der Waals surface area (Å²) in [6, 6.07) is 5.34. The molecule has 1 aliphatic heterocycles. The summed E-state index contributed by atoms with van der Waals surface area (Å²) >= 11 is 1.65. The van der Waals surface area contributed by atoms with Crippen molar-refractivity contribution in [2.24, 2.45) is 0 Å². The normalized spacial score (nSPS) is 13.8. The van der Waals surface area contributed by atoms with Crippen LogP contribution < -0.4 is 9.47 Å². The summed E-state index contributed by atoms with van der Waals surface area (Å²) in [4.78, 5) is 12.0. The van der Waals surface area contributed by atoms with Crippen LogP contribution in [0.2, 0.25) is 0 Å². The van der Waals surface area contributed by atoms with Crippen molar-refractivity contribution in [3.63, 3.8) is 0 Å². The van der Waals surface area contributed by atoms with Crippen molar-refractivity contribution in [2.75, 3.05) is 12.5 Å². The topological polar surface area (TPSA) is 35.5 Å². The van der Waals surface area contributed by atoms with Crippen LogP contribution in [0.25, 0.3) is 0 Å². The zero-order valence-corrected chi connectivity index (χ0v) is 11.1. The number of hydrogen-bond donors (Lipinski definition) is 0. The van der Waals surface area contributed by atoms with Crippen molar-refractivity contribution >= 4 is 17.5 Å². The summed E-state index contributed by atoms with van der Waals surface area (Å²) in [5.74, 6) is 1.99. The number of thioether (sulfide) groups is 1. The summed E-state index contributed by atoms with van der Waals surface area (Å²) in [5, 5.41) is 0. The van der Waals surface area contributed by atoms with Gasteiger partial charge in [-0.3, -0.25) is 4.79 Å². The van der Waals surface area contributed by atoms with Gasteiger partial charge in [0.1, 0.15) is 0 Å². The maximum atomic E-state index is 12.0. The van der Waals surface area contributed by atoms with E-state index in [-0.39, 0.29) is 17.3 Å². The number of hydrogen-bond acceptors (Lipinski definition) is 4.